The van der Waals surface area contributed by atoms with Gasteiger partial charge in [-0.25, -0.2) is 4.98 Å². The van der Waals surface area contributed by atoms with Crippen LogP contribution in [0.15, 0.2) is 36.7 Å². The first-order valence-corrected chi connectivity index (χ1v) is 8.20. The number of aromatic nitrogens is 2. The predicted molar refractivity (Wildman–Crippen MR) is 94.6 cm³/mol. The van der Waals surface area contributed by atoms with Gasteiger partial charge in [-0.2, -0.15) is 0 Å². The van der Waals surface area contributed by atoms with E-state index in [4.69, 9.17) is 22.7 Å². The molecule has 25 heavy (non-hydrogen) atoms. The average Bonchev–Trinajstić information content (AvgIpc) is 3.14. The molecule has 0 saturated carbocycles. The zero-order chi connectivity index (χ0) is 18.0. The van der Waals surface area contributed by atoms with Crippen molar-refractivity contribution in [2.75, 3.05) is 12.3 Å². The Balaban J connectivity index is 1.72. The van der Waals surface area contributed by atoms with Crippen LogP contribution < -0.4 is 11.1 Å². The highest BCUT2D eigenvalue weighted by Gasteiger charge is 2.44. The van der Waals surface area contributed by atoms with Crippen LogP contribution in [0.5, 0.6) is 0 Å². The van der Waals surface area contributed by atoms with Gasteiger partial charge in [-0.3, -0.25) is 4.57 Å². The average molecular weight is 364 g/mol. The summed E-state index contributed by atoms with van der Waals surface area (Å²) in [6.07, 6.45) is -2.86. The molecule has 6 N–H and O–H groups in total. The summed E-state index contributed by atoms with van der Waals surface area (Å²) in [4.78, 5) is 4.55. The molecule has 1 fully saturated rings. The topological polar surface area (TPSA) is 126 Å². The zero-order valence-electron chi connectivity index (χ0n) is 13.3. The van der Waals surface area contributed by atoms with Gasteiger partial charge in [-0.1, -0.05) is 42.5 Å². The van der Waals surface area contributed by atoms with Crippen LogP contribution in [0.2, 0.25) is 0 Å². The van der Waals surface area contributed by atoms with Gasteiger partial charge in [0, 0.05) is 6.54 Å². The zero-order valence-corrected chi connectivity index (χ0v) is 14.1. The molecule has 1 saturated heterocycles. The van der Waals surface area contributed by atoms with Gasteiger partial charge in [-0.15, -0.1) is 0 Å². The van der Waals surface area contributed by atoms with Crippen LogP contribution in [0, 0.1) is 0 Å². The summed E-state index contributed by atoms with van der Waals surface area (Å²) in [5, 5.41) is 32.2. The largest absolute Gasteiger partial charge is 0.394 e. The number of ether oxygens (including phenoxy) is 1. The van der Waals surface area contributed by atoms with Crippen molar-refractivity contribution in [1.82, 2.24) is 14.9 Å². The Morgan fingerprint density at radius 2 is 2.00 bits per heavy atom. The van der Waals surface area contributed by atoms with E-state index >= 15 is 0 Å². The third kappa shape index (κ3) is 3.51. The molecular weight excluding hydrogens is 344 g/mol. The maximum atomic E-state index is 10.1. The molecule has 1 aliphatic rings. The maximum absolute atomic E-state index is 10.1. The summed E-state index contributed by atoms with van der Waals surface area (Å²) in [7, 11) is 0. The fraction of sp³-hybridized carbons (Fsp3) is 0.375. The molecule has 2 aromatic rings. The first-order chi connectivity index (χ1) is 12.0. The highest BCUT2D eigenvalue weighted by atomic mass is 32.1. The number of anilines is 1. The number of benzene rings is 1. The Hall–Kier alpha value is -2.04. The smallest absolute Gasteiger partial charge is 0.165 e. The molecule has 1 aliphatic heterocycles. The molecule has 0 radical (unpaired) electrons. The second kappa shape index (κ2) is 7.46. The van der Waals surface area contributed by atoms with Crippen molar-refractivity contribution in [2.24, 2.45) is 0 Å². The van der Waals surface area contributed by atoms with Crippen molar-refractivity contribution in [1.29, 1.82) is 0 Å². The molecule has 0 amide bonds. The van der Waals surface area contributed by atoms with Crippen molar-refractivity contribution < 1.29 is 20.1 Å². The second-order valence-electron chi connectivity index (χ2n) is 5.78. The maximum Gasteiger partial charge on any atom is 0.165 e. The van der Waals surface area contributed by atoms with E-state index in [0.29, 0.717) is 17.2 Å². The molecule has 134 valence electrons. The number of imidazole rings is 1. The van der Waals surface area contributed by atoms with Crippen LogP contribution in [-0.4, -0.2) is 54.8 Å². The summed E-state index contributed by atoms with van der Waals surface area (Å²) >= 11 is 5.33. The molecule has 0 bridgehead atoms. The van der Waals surface area contributed by atoms with Gasteiger partial charge in [0.1, 0.15) is 34.8 Å². The lowest BCUT2D eigenvalue weighted by Gasteiger charge is -2.17. The van der Waals surface area contributed by atoms with Crippen molar-refractivity contribution in [3.63, 3.8) is 0 Å². The monoisotopic (exact) mass is 364 g/mol. The number of hydrogen-bond acceptors (Lipinski definition) is 7. The van der Waals surface area contributed by atoms with Gasteiger partial charge in [0.2, 0.25) is 0 Å². The van der Waals surface area contributed by atoms with E-state index in [1.165, 1.54) is 10.9 Å². The number of hydrogen-bond donors (Lipinski definition) is 5. The SMILES string of the molecule is Nc1c(C(=S)NCc2ccccc2)ncn1C1OC(CO)C(O)C1O. The van der Waals surface area contributed by atoms with Crippen molar-refractivity contribution in [3.05, 3.63) is 47.9 Å². The number of nitrogens with two attached hydrogens (primary N) is 1. The van der Waals surface area contributed by atoms with E-state index in [1.807, 2.05) is 30.3 Å². The van der Waals surface area contributed by atoms with Gasteiger partial charge in [0.15, 0.2) is 6.23 Å². The molecular formula is C16H20N4O4S. The number of nitrogens with zero attached hydrogens (tertiary/aromatic N) is 2. The first kappa shape index (κ1) is 17.8. The van der Waals surface area contributed by atoms with Crippen molar-refractivity contribution >= 4 is 23.0 Å². The summed E-state index contributed by atoms with van der Waals surface area (Å²) in [5.41, 5.74) is 7.51. The van der Waals surface area contributed by atoms with Gasteiger partial charge in [-0.05, 0) is 5.56 Å². The third-order valence-corrected chi connectivity index (χ3v) is 4.47. The van der Waals surface area contributed by atoms with E-state index < -0.39 is 31.1 Å². The Bertz CT molecular complexity index is 739. The molecule has 8 nitrogen and oxygen atoms in total. The number of rotatable bonds is 5. The van der Waals surface area contributed by atoms with Gasteiger partial charge < -0.3 is 31.1 Å². The summed E-state index contributed by atoms with van der Waals surface area (Å²) in [6, 6.07) is 9.74. The van der Waals surface area contributed by atoms with Crippen LogP contribution in [0.4, 0.5) is 5.82 Å². The Labute approximate surface area is 149 Å². The van der Waals surface area contributed by atoms with Crippen LogP contribution in [0.3, 0.4) is 0 Å². The summed E-state index contributed by atoms with van der Waals surface area (Å²) in [6.45, 7) is 0.118. The van der Waals surface area contributed by atoms with Gasteiger partial charge in [0.05, 0.1) is 12.9 Å². The number of aliphatic hydroxyl groups is 3. The standard InChI is InChI=1S/C16H20N4O4S/c17-14-11(15(25)18-6-9-4-2-1-3-5-9)19-8-20(14)16-13(23)12(22)10(7-21)24-16/h1-5,8,10,12-13,16,21-23H,6-7,17H2,(H,18,25). The second-order valence-corrected chi connectivity index (χ2v) is 6.19. The molecule has 2 heterocycles. The lowest BCUT2D eigenvalue weighted by molar-refractivity contribution is -0.0518. The Morgan fingerprint density at radius 3 is 2.64 bits per heavy atom. The quantitative estimate of drug-likeness (QED) is 0.452. The van der Waals surface area contributed by atoms with Crippen LogP contribution in [0.25, 0.3) is 0 Å². The minimum atomic E-state index is -1.23. The molecule has 0 spiro atoms. The van der Waals surface area contributed by atoms with E-state index in [0.717, 1.165) is 5.56 Å². The third-order valence-electron chi connectivity index (χ3n) is 4.13. The number of nitrogens with one attached hydrogen (secondary N) is 1. The minimum absolute atomic E-state index is 0.209. The highest BCUT2D eigenvalue weighted by Crippen LogP contribution is 2.31. The van der Waals surface area contributed by atoms with Gasteiger partial charge >= 0.3 is 0 Å². The Kier molecular flexibility index (Phi) is 5.30. The molecule has 3 rings (SSSR count). The van der Waals surface area contributed by atoms with E-state index in [1.54, 1.807) is 0 Å². The lowest BCUT2D eigenvalue weighted by Crippen LogP contribution is -2.33. The number of nitrogen functional groups attached to an aromatic ring is 1. The normalized spacial score (nSPS) is 25.9. The van der Waals surface area contributed by atoms with E-state index in [9.17, 15) is 15.3 Å². The molecule has 0 aliphatic carbocycles. The van der Waals surface area contributed by atoms with Crippen molar-refractivity contribution in [3.8, 4) is 0 Å². The van der Waals surface area contributed by atoms with Crippen LogP contribution in [0.1, 0.15) is 17.5 Å². The highest BCUT2D eigenvalue weighted by molar-refractivity contribution is 7.80. The van der Waals surface area contributed by atoms with Crippen LogP contribution >= 0.6 is 12.2 Å². The fourth-order valence-corrected chi connectivity index (χ4v) is 2.95. The fourth-order valence-electron chi connectivity index (χ4n) is 2.72. The minimum Gasteiger partial charge on any atom is -0.394 e. The molecule has 9 heteroatoms. The first-order valence-electron chi connectivity index (χ1n) is 7.79. The number of aliphatic hydroxyl groups excluding tert-OH is 3. The summed E-state index contributed by atoms with van der Waals surface area (Å²) < 4.78 is 6.85. The Morgan fingerprint density at radius 1 is 1.28 bits per heavy atom. The lowest BCUT2D eigenvalue weighted by atomic mass is 10.1. The van der Waals surface area contributed by atoms with E-state index in [2.05, 4.69) is 10.3 Å². The number of thiocarbonyl (C=S) groups is 1. The van der Waals surface area contributed by atoms with E-state index in [-0.39, 0.29) is 5.82 Å². The summed E-state index contributed by atoms with van der Waals surface area (Å²) in [5.74, 6) is 0.209. The molecule has 4 atom stereocenters. The van der Waals surface area contributed by atoms with Crippen molar-refractivity contribution in [2.45, 2.75) is 31.1 Å². The molecule has 1 aromatic heterocycles. The predicted octanol–water partition coefficient (Wildman–Crippen LogP) is -0.458. The van der Waals surface area contributed by atoms with Gasteiger partial charge in [0.25, 0.3) is 0 Å². The molecule has 1 aromatic carbocycles. The van der Waals surface area contributed by atoms with Crippen LogP contribution in [-0.2, 0) is 11.3 Å². The molecule has 4 unspecified atom stereocenters.